The van der Waals surface area contributed by atoms with Crippen LogP contribution in [0.3, 0.4) is 0 Å². The molecule has 3 nitrogen and oxygen atoms in total. The molecule has 0 aliphatic rings. The molecule has 0 saturated carbocycles. The molecule has 1 aromatic rings. The monoisotopic (exact) mass is 247 g/mol. The highest BCUT2D eigenvalue weighted by Gasteiger charge is 2.13. The molecule has 0 N–H and O–H groups in total. The fraction of sp³-hybridized carbons (Fsp3) is 0.385. The highest BCUT2D eigenvalue weighted by Crippen LogP contribution is 2.25. The van der Waals surface area contributed by atoms with Gasteiger partial charge in [-0.15, -0.1) is 0 Å². The van der Waals surface area contributed by atoms with Gasteiger partial charge >= 0.3 is 0 Å². The fourth-order valence-corrected chi connectivity index (χ4v) is 1.80. The molecule has 0 saturated heterocycles. The summed E-state index contributed by atoms with van der Waals surface area (Å²) in [5.74, 6) is -0.0829. The van der Waals surface area contributed by atoms with Crippen LogP contribution in [-0.2, 0) is 0 Å². The zero-order valence-electron chi connectivity index (χ0n) is 9.94. The van der Waals surface area contributed by atoms with Gasteiger partial charge in [-0.1, -0.05) is 11.6 Å². The molecule has 4 heteroatoms. The third-order valence-electron chi connectivity index (χ3n) is 2.52. The van der Waals surface area contributed by atoms with E-state index in [1.54, 1.807) is 18.2 Å². The van der Waals surface area contributed by atoms with Crippen LogP contribution in [0.1, 0.15) is 19.4 Å². The molecule has 1 atom stereocenters. The first-order valence-corrected chi connectivity index (χ1v) is 5.84. The Hall–Kier alpha value is -1.71. The van der Waals surface area contributed by atoms with Crippen molar-refractivity contribution < 1.29 is 0 Å². The number of hydrogen-bond acceptors (Lipinski definition) is 3. The van der Waals surface area contributed by atoms with Crippen molar-refractivity contribution in [3.05, 3.63) is 28.8 Å². The van der Waals surface area contributed by atoms with Crippen molar-refractivity contribution in [2.75, 3.05) is 18.0 Å². The van der Waals surface area contributed by atoms with Gasteiger partial charge in [-0.2, -0.15) is 10.5 Å². The van der Waals surface area contributed by atoms with Crippen LogP contribution in [0.2, 0.25) is 5.02 Å². The van der Waals surface area contributed by atoms with Crippen LogP contribution in [-0.4, -0.2) is 13.1 Å². The molecule has 0 aliphatic carbocycles. The second kappa shape index (κ2) is 6.13. The van der Waals surface area contributed by atoms with E-state index in [9.17, 15) is 0 Å². The average molecular weight is 248 g/mol. The van der Waals surface area contributed by atoms with Crippen LogP contribution in [0.25, 0.3) is 0 Å². The van der Waals surface area contributed by atoms with Gasteiger partial charge in [0.15, 0.2) is 0 Å². The molecule has 0 amide bonds. The predicted octanol–water partition coefficient (Wildman–Crippen LogP) is 3.20. The maximum absolute atomic E-state index is 9.06. The van der Waals surface area contributed by atoms with Gasteiger partial charge in [-0.05, 0) is 32.0 Å². The van der Waals surface area contributed by atoms with Crippen molar-refractivity contribution in [3.8, 4) is 12.1 Å². The van der Waals surface area contributed by atoms with Gasteiger partial charge in [0.05, 0.1) is 23.2 Å². The van der Waals surface area contributed by atoms with Gasteiger partial charge in [0.1, 0.15) is 6.07 Å². The van der Waals surface area contributed by atoms with Crippen molar-refractivity contribution in [1.29, 1.82) is 10.5 Å². The Bertz CT molecular complexity index is 471. The summed E-state index contributed by atoms with van der Waals surface area (Å²) >= 11 is 5.94. The summed E-state index contributed by atoms with van der Waals surface area (Å²) in [5, 5.41) is 18.5. The summed E-state index contributed by atoms with van der Waals surface area (Å²) in [6.07, 6.45) is 0. The van der Waals surface area contributed by atoms with Crippen molar-refractivity contribution in [2.45, 2.75) is 13.8 Å². The lowest BCUT2D eigenvalue weighted by Crippen LogP contribution is -2.28. The molecule has 0 heterocycles. The number of halogens is 1. The van der Waals surface area contributed by atoms with E-state index < -0.39 is 0 Å². The number of hydrogen-bond donors (Lipinski definition) is 0. The van der Waals surface area contributed by atoms with Gasteiger partial charge in [0.2, 0.25) is 0 Å². The lowest BCUT2D eigenvalue weighted by atomic mass is 10.1. The minimum atomic E-state index is -0.0829. The number of nitriles is 2. The summed E-state index contributed by atoms with van der Waals surface area (Å²) in [6.45, 7) is 5.19. The van der Waals surface area contributed by atoms with E-state index in [0.29, 0.717) is 17.1 Å². The predicted molar refractivity (Wildman–Crippen MR) is 68.8 cm³/mol. The number of benzene rings is 1. The van der Waals surface area contributed by atoms with Crippen molar-refractivity contribution in [1.82, 2.24) is 0 Å². The molecule has 1 unspecified atom stereocenters. The van der Waals surface area contributed by atoms with Crippen LogP contribution in [0, 0.1) is 28.6 Å². The van der Waals surface area contributed by atoms with Gasteiger partial charge < -0.3 is 4.90 Å². The van der Waals surface area contributed by atoms with E-state index in [-0.39, 0.29) is 5.92 Å². The minimum absolute atomic E-state index is 0.0829. The number of nitrogens with zero attached hydrogens (tertiary/aromatic N) is 3. The molecule has 0 spiro atoms. The van der Waals surface area contributed by atoms with Gasteiger partial charge in [-0.3, -0.25) is 0 Å². The summed E-state index contributed by atoms with van der Waals surface area (Å²) in [6, 6.07) is 9.52. The molecule has 88 valence electrons. The topological polar surface area (TPSA) is 50.8 Å². The zero-order chi connectivity index (χ0) is 12.8. The summed E-state index contributed by atoms with van der Waals surface area (Å²) < 4.78 is 0. The summed E-state index contributed by atoms with van der Waals surface area (Å²) in [5.41, 5.74) is 1.38. The van der Waals surface area contributed by atoms with Gasteiger partial charge in [-0.25, -0.2) is 0 Å². The Labute approximate surface area is 107 Å². The molecule has 0 aliphatic heterocycles. The second-order valence-corrected chi connectivity index (χ2v) is 4.28. The third-order valence-corrected chi connectivity index (χ3v) is 2.75. The third kappa shape index (κ3) is 3.37. The molecule has 0 fully saturated rings. The molecular formula is C13H14ClN3. The second-order valence-electron chi connectivity index (χ2n) is 3.84. The minimum Gasteiger partial charge on any atom is -0.369 e. The Morgan fingerprint density at radius 3 is 2.65 bits per heavy atom. The van der Waals surface area contributed by atoms with Crippen LogP contribution in [0.5, 0.6) is 0 Å². The fourth-order valence-electron chi connectivity index (χ4n) is 1.63. The lowest BCUT2D eigenvalue weighted by molar-refractivity contribution is 0.686. The first-order valence-electron chi connectivity index (χ1n) is 5.46. The van der Waals surface area contributed by atoms with E-state index >= 15 is 0 Å². The highest BCUT2D eigenvalue weighted by atomic mass is 35.5. The average Bonchev–Trinajstić information content (AvgIpc) is 2.35. The maximum atomic E-state index is 9.06. The Morgan fingerprint density at radius 2 is 2.12 bits per heavy atom. The Morgan fingerprint density at radius 1 is 1.41 bits per heavy atom. The Kier molecular flexibility index (Phi) is 4.82. The molecule has 1 rings (SSSR count). The standard InChI is InChI=1S/C13H14ClN3/c1-3-17(9-10(2)7-15)13-6-12(14)5-4-11(13)8-16/h4-6,10H,3,9H2,1-2H3. The quantitative estimate of drug-likeness (QED) is 0.821. The maximum Gasteiger partial charge on any atom is 0.101 e. The molecule has 17 heavy (non-hydrogen) atoms. The normalized spacial score (nSPS) is 11.4. The molecule has 0 aromatic heterocycles. The van der Waals surface area contributed by atoms with Crippen molar-refractivity contribution >= 4 is 17.3 Å². The largest absolute Gasteiger partial charge is 0.369 e. The van der Waals surface area contributed by atoms with E-state index in [1.807, 2.05) is 18.7 Å². The summed E-state index contributed by atoms with van der Waals surface area (Å²) in [4.78, 5) is 2.00. The van der Waals surface area contributed by atoms with E-state index in [0.717, 1.165) is 12.2 Å². The van der Waals surface area contributed by atoms with E-state index in [1.165, 1.54) is 0 Å². The molecular weight excluding hydrogens is 234 g/mol. The number of anilines is 1. The van der Waals surface area contributed by atoms with Crippen LogP contribution >= 0.6 is 11.6 Å². The molecule has 1 aromatic carbocycles. The molecule has 0 radical (unpaired) electrons. The van der Waals surface area contributed by atoms with E-state index in [4.69, 9.17) is 22.1 Å². The molecule has 0 bridgehead atoms. The van der Waals surface area contributed by atoms with Crippen molar-refractivity contribution in [3.63, 3.8) is 0 Å². The van der Waals surface area contributed by atoms with Gasteiger partial charge in [0, 0.05) is 18.1 Å². The van der Waals surface area contributed by atoms with E-state index in [2.05, 4.69) is 12.1 Å². The van der Waals surface area contributed by atoms with Crippen molar-refractivity contribution in [2.24, 2.45) is 5.92 Å². The van der Waals surface area contributed by atoms with Gasteiger partial charge in [0.25, 0.3) is 0 Å². The number of rotatable bonds is 4. The van der Waals surface area contributed by atoms with Crippen LogP contribution < -0.4 is 4.90 Å². The zero-order valence-corrected chi connectivity index (χ0v) is 10.7. The smallest absolute Gasteiger partial charge is 0.101 e. The van der Waals surface area contributed by atoms with Crippen LogP contribution in [0.4, 0.5) is 5.69 Å². The SMILES string of the molecule is CCN(CC(C)C#N)c1cc(Cl)ccc1C#N. The first kappa shape index (κ1) is 13.4. The van der Waals surface area contributed by atoms with Crippen LogP contribution in [0.15, 0.2) is 18.2 Å². The first-order chi connectivity index (χ1) is 8.12. The summed E-state index contributed by atoms with van der Waals surface area (Å²) in [7, 11) is 0. The Balaban J connectivity index is 3.07. The highest BCUT2D eigenvalue weighted by molar-refractivity contribution is 6.30. The lowest BCUT2D eigenvalue weighted by Gasteiger charge is -2.25.